The Hall–Kier alpha value is -3.45. The summed E-state index contributed by atoms with van der Waals surface area (Å²) in [6.45, 7) is 3.32. The second-order valence-corrected chi connectivity index (χ2v) is 8.73. The molecule has 0 radical (unpaired) electrons. The number of Topliss-reactive ketones (excluding diaryl/α,β-unsaturated/α-hetero) is 1. The van der Waals surface area contributed by atoms with Crippen molar-refractivity contribution in [1.82, 2.24) is 4.57 Å². The number of benzene rings is 2. The number of aromatic hydroxyl groups is 1. The Morgan fingerprint density at radius 2 is 1.90 bits per heavy atom. The van der Waals surface area contributed by atoms with Crippen molar-refractivity contribution in [3.63, 3.8) is 0 Å². The van der Waals surface area contributed by atoms with Crippen molar-refractivity contribution >= 4 is 28.9 Å². The first kappa shape index (κ1) is 20.8. The Balaban J connectivity index is 1.94. The first-order chi connectivity index (χ1) is 14.8. The monoisotopic (exact) mass is 433 g/mol. The number of ketones is 1. The molecule has 0 fully saturated rings. The molecule has 0 bridgehead atoms. The lowest BCUT2D eigenvalue weighted by Gasteiger charge is -2.25. The number of nitrogens with zero attached hydrogens (tertiary/aromatic N) is 3. The van der Waals surface area contributed by atoms with Crippen LogP contribution < -0.4 is 19.8 Å². The average Bonchev–Trinajstić information content (AvgIpc) is 3.01. The zero-order valence-electron chi connectivity index (χ0n) is 17.8. The maximum atomic E-state index is 13.4. The van der Waals surface area contributed by atoms with Gasteiger partial charge in [0.25, 0.3) is 5.56 Å². The number of carbonyl (C=O) groups excluding carboxylic acids is 1. The van der Waals surface area contributed by atoms with Crippen molar-refractivity contribution < 1.29 is 9.90 Å². The van der Waals surface area contributed by atoms with Gasteiger partial charge in [0.1, 0.15) is 5.75 Å². The van der Waals surface area contributed by atoms with E-state index in [0.29, 0.717) is 20.6 Å². The summed E-state index contributed by atoms with van der Waals surface area (Å²) in [5, 5.41) is 9.74. The highest BCUT2D eigenvalue weighted by atomic mass is 32.1. The van der Waals surface area contributed by atoms with E-state index >= 15 is 0 Å². The molecule has 2 aromatic carbocycles. The van der Waals surface area contributed by atoms with E-state index in [1.165, 1.54) is 18.3 Å². The fourth-order valence-electron chi connectivity index (χ4n) is 3.81. The van der Waals surface area contributed by atoms with E-state index in [4.69, 9.17) is 0 Å². The quantitative estimate of drug-likeness (QED) is 0.686. The molecule has 0 amide bonds. The summed E-state index contributed by atoms with van der Waals surface area (Å²) in [4.78, 5) is 33.1. The Labute approximate surface area is 183 Å². The topological polar surface area (TPSA) is 74.9 Å². The van der Waals surface area contributed by atoms with Gasteiger partial charge in [-0.25, -0.2) is 4.99 Å². The predicted octanol–water partition coefficient (Wildman–Crippen LogP) is 2.60. The molecule has 1 N–H and O–H groups in total. The number of phenols is 1. The minimum atomic E-state index is -0.531. The lowest BCUT2D eigenvalue weighted by atomic mass is 9.93. The molecule has 1 aliphatic rings. The molecule has 1 atom stereocenters. The molecule has 7 heteroatoms. The molecule has 1 aromatic heterocycles. The van der Waals surface area contributed by atoms with Crippen LogP contribution in [0.3, 0.4) is 0 Å². The minimum absolute atomic E-state index is 0.106. The van der Waals surface area contributed by atoms with Gasteiger partial charge in [0.2, 0.25) is 0 Å². The molecule has 6 nitrogen and oxygen atoms in total. The number of fused-ring (bicyclic) bond motifs is 1. The normalized spacial score (nSPS) is 16.1. The highest BCUT2D eigenvalue weighted by molar-refractivity contribution is 7.07. The van der Waals surface area contributed by atoms with Crippen molar-refractivity contribution in [3.05, 3.63) is 90.6 Å². The molecular weight excluding hydrogens is 410 g/mol. The van der Waals surface area contributed by atoms with Crippen LogP contribution in [0.25, 0.3) is 6.08 Å². The number of anilines is 1. The number of allylic oxidation sites excluding steroid dienone is 2. The van der Waals surface area contributed by atoms with Gasteiger partial charge in [0.15, 0.2) is 10.6 Å². The minimum Gasteiger partial charge on any atom is -0.508 e. The second kappa shape index (κ2) is 8.00. The van der Waals surface area contributed by atoms with Gasteiger partial charge in [0, 0.05) is 31.1 Å². The average molecular weight is 434 g/mol. The molecule has 0 spiro atoms. The van der Waals surface area contributed by atoms with E-state index in [-0.39, 0.29) is 17.1 Å². The third kappa shape index (κ3) is 3.84. The maximum absolute atomic E-state index is 13.4. The van der Waals surface area contributed by atoms with Crippen LogP contribution in [0, 0.1) is 0 Å². The number of carbonyl (C=O) groups is 1. The van der Waals surface area contributed by atoms with Crippen LogP contribution in [0.15, 0.2) is 69.6 Å². The molecule has 158 valence electrons. The smallest absolute Gasteiger partial charge is 0.271 e. The Morgan fingerprint density at radius 3 is 2.52 bits per heavy atom. The van der Waals surface area contributed by atoms with Gasteiger partial charge in [-0.2, -0.15) is 0 Å². The van der Waals surface area contributed by atoms with Crippen LogP contribution in [0.4, 0.5) is 5.69 Å². The highest BCUT2D eigenvalue weighted by Crippen LogP contribution is 2.31. The zero-order chi connectivity index (χ0) is 22.3. The lowest BCUT2D eigenvalue weighted by Crippen LogP contribution is -2.39. The summed E-state index contributed by atoms with van der Waals surface area (Å²) in [6, 6.07) is 14.1. The zero-order valence-corrected chi connectivity index (χ0v) is 18.6. The highest BCUT2D eigenvalue weighted by Gasteiger charge is 2.30. The van der Waals surface area contributed by atoms with Crippen LogP contribution in [-0.2, 0) is 4.79 Å². The van der Waals surface area contributed by atoms with Crippen LogP contribution in [0.5, 0.6) is 5.75 Å². The summed E-state index contributed by atoms with van der Waals surface area (Å²) in [6.07, 6.45) is 1.74. The first-order valence-electron chi connectivity index (χ1n) is 9.86. The summed E-state index contributed by atoms with van der Waals surface area (Å²) in [7, 11) is 3.93. The molecule has 4 rings (SSSR count). The molecule has 0 aliphatic carbocycles. The molecule has 1 aliphatic heterocycles. The summed E-state index contributed by atoms with van der Waals surface area (Å²) in [5.74, 6) is 0.0280. The van der Waals surface area contributed by atoms with Crippen LogP contribution >= 0.6 is 11.3 Å². The molecule has 0 saturated heterocycles. The van der Waals surface area contributed by atoms with Crippen molar-refractivity contribution in [3.8, 4) is 5.75 Å². The fourth-order valence-corrected chi connectivity index (χ4v) is 4.85. The number of rotatable bonds is 4. The van der Waals surface area contributed by atoms with Crippen molar-refractivity contribution in [2.45, 2.75) is 19.9 Å². The molecule has 2 heterocycles. The van der Waals surface area contributed by atoms with Gasteiger partial charge < -0.3 is 10.0 Å². The van der Waals surface area contributed by atoms with Crippen LogP contribution in [0.1, 0.15) is 31.0 Å². The lowest BCUT2D eigenvalue weighted by molar-refractivity contribution is -0.114. The predicted molar refractivity (Wildman–Crippen MR) is 123 cm³/mol. The molecule has 0 saturated carbocycles. The van der Waals surface area contributed by atoms with E-state index in [1.54, 1.807) is 28.8 Å². The van der Waals surface area contributed by atoms with Gasteiger partial charge in [-0.15, -0.1) is 0 Å². The van der Waals surface area contributed by atoms with E-state index in [0.717, 1.165) is 16.8 Å². The summed E-state index contributed by atoms with van der Waals surface area (Å²) < 4.78 is 2.10. The maximum Gasteiger partial charge on any atom is 0.271 e. The molecule has 3 aromatic rings. The molecular formula is C24H23N3O3S. The Morgan fingerprint density at radius 1 is 1.19 bits per heavy atom. The number of thiazole rings is 1. The van der Waals surface area contributed by atoms with E-state index in [9.17, 15) is 14.7 Å². The van der Waals surface area contributed by atoms with Crippen molar-refractivity contribution in [2.24, 2.45) is 4.99 Å². The van der Waals surface area contributed by atoms with Crippen LogP contribution in [0.2, 0.25) is 0 Å². The van der Waals surface area contributed by atoms with E-state index in [2.05, 4.69) is 4.99 Å². The van der Waals surface area contributed by atoms with Gasteiger partial charge >= 0.3 is 0 Å². The standard InChI is InChI=1S/C24H23N3O3S/c1-14-21(15(2)28)22(17-8-10-18(11-9-17)26(3)4)27-23(30)20(31-24(27)25-14)13-16-6-5-7-19(29)12-16/h5-13,22,29H,1-4H3/b20-13+/t22-/m1/s1. The van der Waals surface area contributed by atoms with Gasteiger partial charge in [-0.3, -0.25) is 14.2 Å². The van der Waals surface area contributed by atoms with Gasteiger partial charge in [0.05, 0.1) is 10.6 Å². The Bertz CT molecular complexity index is 1380. The summed E-state index contributed by atoms with van der Waals surface area (Å²) in [5.41, 5.74) is 3.55. The van der Waals surface area contributed by atoms with Gasteiger partial charge in [-0.05, 0) is 55.3 Å². The third-order valence-corrected chi connectivity index (χ3v) is 6.28. The number of aromatic nitrogens is 1. The first-order valence-corrected chi connectivity index (χ1v) is 10.7. The molecule has 31 heavy (non-hydrogen) atoms. The van der Waals surface area contributed by atoms with Crippen molar-refractivity contribution in [1.29, 1.82) is 0 Å². The number of hydrogen-bond acceptors (Lipinski definition) is 6. The second-order valence-electron chi connectivity index (χ2n) is 7.72. The van der Waals surface area contributed by atoms with E-state index < -0.39 is 6.04 Å². The number of hydrogen-bond donors (Lipinski definition) is 1. The van der Waals surface area contributed by atoms with Gasteiger partial charge in [-0.1, -0.05) is 35.6 Å². The SMILES string of the molecule is CC(=O)C1=C(C)N=c2s/c(=C/c3cccc(O)c3)c(=O)n2[C@@H]1c1ccc(N(C)C)cc1. The molecule has 0 unspecified atom stereocenters. The van der Waals surface area contributed by atoms with Crippen LogP contribution in [-0.4, -0.2) is 29.6 Å². The Kier molecular flexibility index (Phi) is 5.37. The third-order valence-electron chi connectivity index (χ3n) is 5.29. The fraction of sp³-hybridized carbons (Fsp3) is 0.208. The largest absolute Gasteiger partial charge is 0.508 e. The van der Waals surface area contributed by atoms with E-state index in [1.807, 2.05) is 56.3 Å². The van der Waals surface area contributed by atoms with Crippen molar-refractivity contribution in [2.75, 3.05) is 19.0 Å². The number of phenolic OH excluding ortho intramolecular Hbond substituents is 1. The summed E-state index contributed by atoms with van der Waals surface area (Å²) >= 11 is 1.28.